The predicted molar refractivity (Wildman–Crippen MR) is 71.2 cm³/mol. The summed E-state index contributed by atoms with van der Waals surface area (Å²) in [5.41, 5.74) is 3.07. The van der Waals surface area contributed by atoms with Gasteiger partial charge in [-0.1, -0.05) is 0 Å². The Morgan fingerprint density at radius 3 is 2.28 bits per heavy atom. The molecule has 0 aromatic heterocycles. The average Bonchev–Trinajstić information content (AvgIpc) is 2.13. The van der Waals surface area contributed by atoms with E-state index in [1.807, 2.05) is 41.5 Å². The van der Waals surface area contributed by atoms with Crippen LogP contribution in [0.3, 0.4) is 0 Å². The summed E-state index contributed by atoms with van der Waals surface area (Å²) in [7, 11) is 0. The first-order valence-corrected chi connectivity index (χ1v) is 6.49. The summed E-state index contributed by atoms with van der Waals surface area (Å²) < 4.78 is 11.0. The largest absolute Gasteiger partial charge is 0.444 e. The molecular weight excluding hydrogens is 232 g/mol. The van der Waals surface area contributed by atoms with E-state index in [0.29, 0.717) is 6.54 Å². The zero-order valence-corrected chi connectivity index (χ0v) is 12.6. The lowest BCUT2D eigenvalue weighted by Crippen LogP contribution is -2.56. The van der Waals surface area contributed by atoms with Crippen molar-refractivity contribution in [2.45, 2.75) is 65.3 Å². The van der Waals surface area contributed by atoms with Crippen LogP contribution in [0.4, 0.5) is 4.79 Å². The summed E-state index contributed by atoms with van der Waals surface area (Å²) in [5.74, 6) is 0. The quantitative estimate of drug-likeness (QED) is 0.757. The Morgan fingerprint density at radius 2 is 1.83 bits per heavy atom. The van der Waals surface area contributed by atoms with Crippen LogP contribution in [0.15, 0.2) is 0 Å². The average molecular weight is 261 g/mol. The van der Waals surface area contributed by atoms with Crippen molar-refractivity contribution in [1.29, 1.82) is 0 Å². The van der Waals surface area contributed by atoms with Crippen LogP contribution >= 0.6 is 0 Å². The number of carbonyl (C=O) groups is 1. The summed E-state index contributed by atoms with van der Waals surface area (Å²) in [4.78, 5) is 11.4. The van der Waals surface area contributed by atoms with Crippen molar-refractivity contribution in [2.75, 3.05) is 13.1 Å². The molecule has 108 valence electrons. The molecule has 0 saturated carbocycles. The Balaban J connectivity index is 3.92. The number of quaternary nitrogens is 1. The Hall–Kier alpha value is -0.810. The molecular formula is C13H29N2O3+. The summed E-state index contributed by atoms with van der Waals surface area (Å²) in [5, 5.41) is 2.73. The number of hydrogen-bond acceptors (Lipinski definition) is 3. The van der Waals surface area contributed by atoms with Crippen molar-refractivity contribution in [1.82, 2.24) is 5.32 Å². The number of rotatable bonds is 6. The summed E-state index contributed by atoms with van der Waals surface area (Å²) in [6.07, 6.45) is 0.473. The van der Waals surface area contributed by atoms with Crippen LogP contribution in [0.25, 0.3) is 0 Å². The molecule has 0 radical (unpaired) electrons. The van der Waals surface area contributed by atoms with E-state index in [9.17, 15) is 4.79 Å². The molecule has 0 saturated heterocycles. The number of nitrogens with one attached hydrogen (secondary N) is 1. The van der Waals surface area contributed by atoms with E-state index < -0.39 is 5.60 Å². The number of alkyl carbamates (subject to hydrolysis) is 1. The van der Waals surface area contributed by atoms with Gasteiger partial charge in [-0.25, -0.2) is 4.79 Å². The van der Waals surface area contributed by atoms with E-state index in [1.54, 1.807) is 0 Å². The fourth-order valence-electron chi connectivity index (χ4n) is 1.44. The standard InChI is InChI=1S/C13H28N2O3/c1-10(9-14)17-13(5,6)7-8-15-11(16)18-12(2,3)4/h10H,7-9,14H2,1-6H3,(H,15,16)/p+1. The fraction of sp³-hybridized carbons (Fsp3) is 0.923. The van der Waals surface area contributed by atoms with E-state index in [0.717, 1.165) is 13.0 Å². The second-order valence-corrected chi connectivity index (χ2v) is 6.16. The molecule has 0 rings (SSSR count). The first kappa shape index (κ1) is 17.2. The smallest absolute Gasteiger partial charge is 0.407 e. The zero-order chi connectivity index (χ0) is 14.4. The van der Waals surface area contributed by atoms with Gasteiger partial charge in [-0.15, -0.1) is 0 Å². The van der Waals surface area contributed by atoms with Crippen LogP contribution < -0.4 is 11.1 Å². The van der Waals surface area contributed by atoms with E-state index in [1.165, 1.54) is 0 Å². The van der Waals surface area contributed by atoms with Gasteiger partial charge in [-0.05, 0) is 48.0 Å². The van der Waals surface area contributed by atoms with Crippen LogP contribution in [0.5, 0.6) is 0 Å². The highest BCUT2D eigenvalue weighted by Gasteiger charge is 2.22. The molecule has 0 fully saturated rings. The lowest BCUT2D eigenvalue weighted by molar-refractivity contribution is -0.389. The van der Waals surface area contributed by atoms with Crippen LogP contribution in [0.2, 0.25) is 0 Å². The van der Waals surface area contributed by atoms with Gasteiger partial charge < -0.3 is 20.5 Å². The number of carbonyl (C=O) groups excluding carboxylic acids is 1. The molecule has 0 bridgehead atoms. The maximum absolute atomic E-state index is 11.4. The lowest BCUT2D eigenvalue weighted by atomic mass is 10.0. The topological polar surface area (TPSA) is 75.2 Å². The first-order chi connectivity index (χ1) is 8.06. The highest BCUT2D eigenvalue weighted by molar-refractivity contribution is 5.67. The van der Waals surface area contributed by atoms with E-state index in [-0.39, 0.29) is 17.8 Å². The molecule has 1 unspecified atom stereocenters. The molecule has 0 aliphatic rings. The normalized spacial score (nSPS) is 14.2. The number of ether oxygens (including phenoxy) is 2. The van der Waals surface area contributed by atoms with E-state index in [4.69, 9.17) is 9.47 Å². The molecule has 0 aromatic carbocycles. The van der Waals surface area contributed by atoms with Gasteiger partial charge in [0.2, 0.25) is 0 Å². The van der Waals surface area contributed by atoms with Gasteiger partial charge in [0.1, 0.15) is 18.2 Å². The molecule has 5 nitrogen and oxygen atoms in total. The molecule has 0 heterocycles. The maximum atomic E-state index is 11.4. The third-order valence-corrected chi connectivity index (χ3v) is 2.32. The van der Waals surface area contributed by atoms with Gasteiger partial charge in [0.05, 0.1) is 5.60 Å². The van der Waals surface area contributed by atoms with Crippen LogP contribution in [0.1, 0.15) is 48.0 Å². The van der Waals surface area contributed by atoms with Gasteiger partial charge in [-0.2, -0.15) is 0 Å². The van der Waals surface area contributed by atoms with Gasteiger partial charge in [0, 0.05) is 6.54 Å². The third-order valence-electron chi connectivity index (χ3n) is 2.32. The summed E-state index contributed by atoms with van der Waals surface area (Å²) in [6.45, 7) is 12.8. The molecule has 18 heavy (non-hydrogen) atoms. The monoisotopic (exact) mass is 261 g/mol. The van der Waals surface area contributed by atoms with Crippen LogP contribution in [-0.4, -0.2) is 36.5 Å². The molecule has 0 aromatic rings. The van der Waals surface area contributed by atoms with Crippen molar-refractivity contribution >= 4 is 6.09 Å². The van der Waals surface area contributed by atoms with E-state index >= 15 is 0 Å². The second kappa shape index (κ2) is 6.95. The number of amides is 1. The van der Waals surface area contributed by atoms with Crippen molar-refractivity contribution < 1.29 is 20.0 Å². The molecule has 4 N–H and O–H groups in total. The molecule has 1 atom stereocenters. The Bertz CT molecular complexity index is 259. The van der Waals surface area contributed by atoms with E-state index in [2.05, 4.69) is 11.1 Å². The van der Waals surface area contributed by atoms with Gasteiger partial charge >= 0.3 is 6.09 Å². The Labute approximate surface area is 110 Å². The highest BCUT2D eigenvalue weighted by atomic mass is 16.6. The van der Waals surface area contributed by atoms with Crippen molar-refractivity contribution in [3.8, 4) is 0 Å². The summed E-state index contributed by atoms with van der Waals surface area (Å²) in [6, 6.07) is 0. The SMILES string of the molecule is CC(C[NH3+])OC(C)(C)CCNC(=O)OC(C)(C)C. The molecule has 5 heteroatoms. The predicted octanol–water partition coefficient (Wildman–Crippen LogP) is 1.33. The summed E-state index contributed by atoms with van der Waals surface area (Å²) >= 11 is 0. The maximum Gasteiger partial charge on any atom is 0.407 e. The number of hydrogen-bond donors (Lipinski definition) is 2. The third kappa shape index (κ3) is 9.24. The molecule has 0 aliphatic carbocycles. The van der Waals surface area contributed by atoms with Crippen molar-refractivity contribution in [2.24, 2.45) is 0 Å². The molecule has 0 aliphatic heterocycles. The lowest BCUT2D eigenvalue weighted by Gasteiger charge is -2.28. The zero-order valence-electron chi connectivity index (χ0n) is 12.6. The van der Waals surface area contributed by atoms with Crippen LogP contribution in [-0.2, 0) is 9.47 Å². The fourth-order valence-corrected chi connectivity index (χ4v) is 1.44. The Kier molecular flexibility index (Phi) is 6.63. The Morgan fingerprint density at radius 1 is 1.28 bits per heavy atom. The van der Waals surface area contributed by atoms with Crippen molar-refractivity contribution in [3.05, 3.63) is 0 Å². The van der Waals surface area contributed by atoms with Gasteiger partial charge in [0.25, 0.3) is 0 Å². The van der Waals surface area contributed by atoms with Crippen molar-refractivity contribution in [3.63, 3.8) is 0 Å². The minimum atomic E-state index is -0.460. The van der Waals surface area contributed by atoms with Gasteiger partial charge in [-0.3, -0.25) is 0 Å². The minimum Gasteiger partial charge on any atom is -0.444 e. The minimum absolute atomic E-state index is 0.126. The van der Waals surface area contributed by atoms with Gasteiger partial charge in [0.15, 0.2) is 0 Å². The highest BCUT2D eigenvalue weighted by Crippen LogP contribution is 2.16. The first-order valence-electron chi connectivity index (χ1n) is 6.49. The second-order valence-electron chi connectivity index (χ2n) is 6.16. The molecule has 1 amide bonds. The molecule has 0 spiro atoms. The van der Waals surface area contributed by atoms with Crippen LogP contribution in [0, 0.1) is 0 Å².